The van der Waals surface area contributed by atoms with Crippen molar-refractivity contribution in [3.8, 4) is 0 Å². The number of aryl methyl sites for hydroxylation is 2. The van der Waals surface area contributed by atoms with Crippen molar-refractivity contribution in [3.63, 3.8) is 0 Å². The molecular formula is C23H31N3O2. The number of carbonyl (C=O) groups is 2. The molecule has 1 saturated carbocycles. The Bertz CT molecular complexity index is 780. The van der Waals surface area contributed by atoms with Gasteiger partial charge in [-0.25, -0.2) is 0 Å². The van der Waals surface area contributed by atoms with E-state index in [-0.39, 0.29) is 18.4 Å². The van der Waals surface area contributed by atoms with Crippen LogP contribution in [0.5, 0.6) is 0 Å². The summed E-state index contributed by atoms with van der Waals surface area (Å²) in [6.07, 6.45) is 6.13. The van der Waals surface area contributed by atoms with Crippen LogP contribution in [-0.4, -0.2) is 45.3 Å². The fourth-order valence-electron chi connectivity index (χ4n) is 3.51. The van der Waals surface area contributed by atoms with E-state index in [0.717, 1.165) is 30.5 Å². The molecule has 5 heteroatoms. The van der Waals surface area contributed by atoms with Gasteiger partial charge in [-0.1, -0.05) is 37.3 Å². The molecule has 150 valence electrons. The van der Waals surface area contributed by atoms with Crippen molar-refractivity contribution >= 4 is 11.8 Å². The van der Waals surface area contributed by atoms with E-state index < -0.39 is 0 Å². The summed E-state index contributed by atoms with van der Waals surface area (Å²) in [7, 11) is 2.00. The number of aromatic nitrogens is 1. The molecule has 0 unspecified atom stereocenters. The van der Waals surface area contributed by atoms with E-state index in [0.29, 0.717) is 32.0 Å². The maximum Gasteiger partial charge on any atom is 0.242 e. The van der Waals surface area contributed by atoms with Crippen molar-refractivity contribution in [3.05, 3.63) is 59.9 Å². The maximum atomic E-state index is 13.0. The number of amides is 2. The predicted octanol–water partition coefficient (Wildman–Crippen LogP) is 3.39. The minimum Gasteiger partial charge on any atom is -0.353 e. The average Bonchev–Trinajstić information content (AvgIpc) is 3.46. The Hall–Kier alpha value is -2.56. The van der Waals surface area contributed by atoms with Crippen LogP contribution in [-0.2, 0) is 29.6 Å². The van der Waals surface area contributed by atoms with Gasteiger partial charge < -0.3 is 14.4 Å². The van der Waals surface area contributed by atoms with Crippen molar-refractivity contribution in [1.82, 2.24) is 14.4 Å². The highest BCUT2D eigenvalue weighted by atomic mass is 16.2. The molecule has 5 nitrogen and oxygen atoms in total. The van der Waals surface area contributed by atoms with Gasteiger partial charge in [0, 0.05) is 37.9 Å². The van der Waals surface area contributed by atoms with Crippen LogP contribution in [0.25, 0.3) is 0 Å². The molecule has 3 rings (SSSR count). The lowest BCUT2D eigenvalue weighted by molar-refractivity contribution is -0.141. The molecule has 1 aliphatic carbocycles. The Balaban J connectivity index is 1.60. The molecule has 1 aromatic carbocycles. The summed E-state index contributed by atoms with van der Waals surface area (Å²) >= 11 is 0. The second-order valence-corrected chi connectivity index (χ2v) is 7.66. The first-order chi connectivity index (χ1) is 13.6. The standard InChI is InChI=1S/C23H31N3O2/c1-3-15-25(22(27)14-11-19-8-5-4-6-9-19)18-23(28)26(20-12-13-20)17-21-10-7-16-24(21)2/h4-10,16,20H,3,11-15,17-18H2,1-2H3. The SMILES string of the molecule is CCCN(CC(=O)N(Cc1cccn1C)C1CC1)C(=O)CCc1ccccc1. The van der Waals surface area contributed by atoms with E-state index in [1.54, 1.807) is 4.90 Å². The second kappa shape index (κ2) is 9.58. The van der Waals surface area contributed by atoms with E-state index >= 15 is 0 Å². The highest BCUT2D eigenvalue weighted by Gasteiger charge is 2.34. The Kier molecular flexibility index (Phi) is 6.90. The molecule has 0 N–H and O–H groups in total. The molecule has 0 atom stereocenters. The highest BCUT2D eigenvalue weighted by Crippen LogP contribution is 2.28. The first-order valence-corrected chi connectivity index (χ1v) is 10.3. The molecule has 28 heavy (non-hydrogen) atoms. The van der Waals surface area contributed by atoms with Crippen LogP contribution in [0.4, 0.5) is 0 Å². The number of hydrogen-bond donors (Lipinski definition) is 0. The molecule has 1 aromatic heterocycles. The van der Waals surface area contributed by atoms with Gasteiger partial charge in [-0.2, -0.15) is 0 Å². The number of hydrogen-bond acceptors (Lipinski definition) is 2. The van der Waals surface area contributed by atoms with Crippen LogP contribution in [0, 0.1) is 0 Å². The van der Waals surface area contributed by atoms with Crippen molar-refractivity contribution in [2.24, 2.45) is 7.05 Å². The zero-order valence-corrected chi connectivity index (χ0v) is 17.0. The van der Waals surface area contributed by atoms with Gasteiger partial charge in [-0.3, -0.25) is 9.59 Å². The molecule has 2 amide bonds. The number of carbonyl (C=O) groups excluding carboxylic acids is 2. The van der Waals surface area contributed by atoms with Gasteiger partial charge in [0.05, 0.1) is 13.1 Å². The third-order valence-electron chi connectivity index (χ3n) is 5.33. The van der Waals surface area contributed by atoms with Gasteiger partial charge in [-0.15, -0.1) is 0 Å². The zero-order chi connectivity index (χ0) is 19.9. The fraction of sp³-hybridized carbons (Fsp3) is 0.478. The first kappa shape index (κ1) is 20.2. The molecule has 0 spiro atoms. The van der Waals surface area contributed by atoms with Crippen LogP contribution in [0.3, 0.4) is 0 Å². The number of benzene rings is 1. The normalized spacial score (nSPS) is 13.4. The van der Waals surface area contributed by atoms with Gasteiger partial charge in [0.2, 0.25) is 11.8 Å². The van der Waals surface area contributed by atoms with Crippen LogP contribution in [0.2, 0.25) is 0 Å². The minimum absolute atomic E-state index is 0.0604. The topological polar surface area (TPSA) is 45.6 Å². The summed E-state index contributed by atoms with van der Waals surface area (Å²) in [4.78, 5) is 29.5. The molecule has 0 aliphatic heterocycles. The lowest BCUT2D eigenvalue weighted by Crippen LogP contribution is -2.44. The van der Waals surface area contributed by atoms with Crippen molar-refractivity contribution < 1.29 is 9.59 Å². The van der Waals surface area contributed by atoms with Gasteiger partial charge >= 0.3 is 0 Å². The molecule has 0 saturated heterocycles. The molecule has 2 aromatic rings. The number of nitrogens with zero attached hydrogens (tertiary/aromatic N) is 3. The van der Waals surface area contributed by atoms with E-state index in [1.165, 1.54) is 0 Å². The second-order valence-electron chi connectivity index (χ2n) is 7.66. The molecule has 0 bridgehead atoms. The van der Waals surface area contributed by atoms with Crippen molar-refractivity contribution in [1.29, 1.82) is 0 Å². The Morgan fingerprint density at radius 2 is 1.82 bits per heavy atom. The van der Waals surface area contributed by atoms with Gasteiger partial charge in [-0.05, 0) is 43.4 Å². The molecule has 1 fully saturated rings. The smallest absolute Gasteiger partial charge is 0.242 e. The Morgan fingerprint density at radius 1 is 1.07 bits per heavy atom. The van der Waals surface area contributed by atoms with E-state index in [1.807, 2.05) is 61.5 Å². The summed E-state index contributed by atoms with van der Waals surface area (Å²) in [5, 5.41) is 0. The van der Waals surface area contributed by atoms with Crippen LogP contribution >= 0.6 is 0 Å². The molecule has 1 aliphatic rings. The Morgan fingerprint density at radius 3 is 2.43 bits per heavy atom. The van der Waals surface area contributed by atoms with E-state index in [9.17, 15) is 9.59 Å². The number of rotatable bonds is 10. The van der Waals surface area contributed by atoms with E-state index in [2.05, 4.69) is 10.6 Å². The average molecular weight is 382 g/mol. The molecule has 1 heterocycles. The maximum absolute atomic E-state index is 13.0. The highest BCUT2D eigenvalue weighted by molar-refractivity contribution is 5.85. The largest absolute Gasteiger partial charge is 0.353 e. The van der Waals surface area contributed by atoms with Crippen molar-refractivity contribution in [2.75, 3.05) is 13.1 Å². The predicted molar refractivity (Wildman–Crippen MR) is 111 cm³/mol. The van der Waals surface area contributed by atoms with Crippen molar-refractivity contribution in [2.45, 2.75) is 51.6 Å². The summed E-state index contributed by atoms with van der Waals surface area (Å²) in [5.74, 6) is 0.124. The van der Waals surface area contributed by atoms with E-state index in [4.69, 9.17) is 0 Å². The van der Waals surface area contributed by atoms with Crippen LogP contribution in [0.1, 0.15) is 43.9 Å². The fourth-order valence-corrected chi connectivity index (χ4v) is 3.51. The minimum atomic E-state index is 0.0604. The Labute approximate surface area is 167 Å². The van der Waals surface area contributed by atoms with Gasteiger partial charge in [0.25, 0.3) is 0 Å². The monoisotopic (exact) mass is 381 g/mol. The van der Waals surface area contributed by atoms with Gasteiger partial charge in [0.15, 0.2) is 0 Å². The van der Waals surface area contributed by atoms with Gasteiger partial charge in [0.1, 0.15) is 0 Å². The molecular weight excluding hydrogens is 350 g/mol. The third kappa shape index (κ3) is 5.47. The lowest BCUT2D eigenvalue weighted by Gasteiger charge is -2.28. The zero-order valence-electron chi connectivity index (χ0n) is 17.0. The van der Waals surface area contributed by atoms with Crippen LogP contribution in [0.15, 0.2) is 48.7 Å². The lowest BCUT2D eigenvalue weighted by atomic mass is 10.1. The first-order valence-electron chi connectivity index (χ1n) is 10.3. The summed E-state index contributed by atoms with van der Waals surface area (Å²) in [6.45, 7) is 3.47. The summed E-state index contributed by atoms with van der Waals surface area (Å²) < 4.78 is 2.05. The summed E-state index contributed by atoms with van der Waals surface area (Å²) in [6, 6.07) is 14.4. The van der Waals surface area contributed by atoms with Crippen LogP contribution < -0.4 is 0 Å². The quantitative estimate of drug-likeness (QED) is 0.633. The third-order valence-corrected chi connectivity index (χ3v) is 5.33. The molecule has 0 radical (unpaired) electrons. The summed E-state index contributed by atoms with van der Waals surface area (Å²) in [5.41, 5.74) is 2.28.